The molecular formula is C21H17NO6. The summed E-state index contributed by atoms with van der Waals surface area (Å²) in [5.74, 6) is -2.03. The number of esters is 2. The van der Waals surface area contributed by atoms with Crippen LogP contribution in [-0.2, 0) is 19.1 Å². The minimum atomic E-state index is -0.632. The van der Waals surface area contributed by atoms with Crippen molar-refractivity contribution >= 4 is 35.5 Å². The lowest BCUT2D eigenvalue weighted by Gasteiger charge is -2.16. The van der Waals surface area contributed by atoms with E-state index in [2.05, 4.69) is 4.74 Å². The zero-order valence-corrected chi connectivity index (χ0v) is 15.3. The molecule has 0 atom stereocenters. The summed E-state index contributed by atoms with van der Waals surface area (Å²) in [7, 11) is 2.53. The van der Waals surface area contributed by atoms with Crippen LogP contribution in [0.3, 0.4) is 0 Å². The molecule has 1 heterocycles. The fourth-order valence-electron chi connectivity index (χ4n) is 2.92. The molecule has 28 heavy (non-hydrogen) atoms. The van der Waals surface area contributed by atoms with Crippen molar-refractivity contribution in [2.24, 2.45) is 0 Å². The van der Waals surface area contributed by atoms with E-state index in [1.54, 1.807) is 42.5 Å². The molecule has 0 bridgehead atoms. The maximum atomic E-state index is 12.8. The van der Waals surface area contributed by atoms with Gasteiger partial charge in [0.2, 0.25) is 5.91 Å². The molecule has 2 aromatic carbocycles. The summed E-state index contributed by atoms with van der Waals surface area (Å²) < 4.78 is 9.37. The average Bonchev–Trinajstić information content (AvgIpc) is 3.00. The second kappa shape index (κ2) is 7.87. The second-order valence-electron chi connectivity index (χ2n) is 6.00. The molecule has 1 aliphatic rings. The van der Waals surface area contributed by atoms with Crippen molar-refractivity contribution in [3.8, 4) is 0 Å². The van der Waals surface area contributed by atoms with Gasteiger partial charge in [-0.1, -0.05) is 24.3 Å². The van der Waals surface area contributed by atoms with Crippen molar-refractivity contribution in [1.29, 1.82) is 0 Å². The molecule has 0 spiro atoms. The van der Waals surface area contributed by atoms with Gasteiger partial charge in [0, 0.05) is 5.57 Å². The van der Waals surface area contributed by atoms with E-state index in [0.29, 0.717) is 11.1 Å². The summed E-state index contributed by atoms with van der Waals surface area (Å²) in [5.41, 5.74) is 1.65. The van der Waals surface area contributed by atoms with Gasteiger partial charge in [-0.2, -0.15) is 0 Å². The molecular weight excluding hydrogens is 362 g/mol. The van der Waals surface area contributed by atoms with Gasteiger partial charge in [-0.3, -0.25) is 9.59 Å². The number of hydrogen-bond donors (Lipinski definition) is 0. The van der Waals surface area contributed by atoms with E-state index >= 15 is 0 Å². The molecule has 3 rings (SSSR count). The number of ether oxygens (including phenoxy) is 2. The predicted octanol–water partition coefficient (Wildman–Crippen LogP) is 2.61. The number of nitrogens with zero attached hydrogens (tertiary/aromatic N) is 1. The molecule has 1 fully saturated rings. The molecule has 142 valence electrons. The second-order valence-corrected chi connectivity index (χ2v) is 6.00. The maximum Gasteiger partial charge on any atom is 0.339 e. The van der Waals surface area contributed by atoms with E-state index in [1.807, 2.05) is 0 Å². The third kappa shape index (κ3) is 3.55. The molecule has 0 saturated carbocycles. The molecule has 0 aliphatic carbocycles. The van der Waals surface area contributed by atoms with E-state index in [0.717, 1.165) is 4.90 Å². The Morgan fingerprint density at radius 3 is 2.21 bits per heavy atom. The molecule has 0 N–H and O–H groups in total. The molecule has 0 unspecified atom stereocenters. The number of carbonyl (C=O) groups excluding carboxylic acids is 4. The van der Waals surface area contributed by atoms with Crippen LogP contribution in [0.25, 0.3) is 6.08 Å². The first-order valence-corrected chi connectivity index (χ1v) is 8.40. The first-order valence-electron chi connectivity index (χ1n) is 8.40. The SMILES string of the molecule is COC(=O)c1ccc(/C=C2\CC(=O)N(c3ccccc3C(=O)OC)C2=O)cc1. The van der Waals surface area contributed by atoms with Gasteiger partial charge < -0.3 is 9.47 Å². The standard InChI is InChI=1S/C21H17NO6/c1-27-20(25)14-9-7-13(8-10-14)11-15-12-18(23)22(19(15)24)17-6-4-3-5-16(17)21(26)28-2/h3-11H,12H2,1-2H3/b15-11+. The van der Waals surface area contributed by atoms with Crippen molar-refractivity contribution in [2.75, 3.05) is 19.1 Å². The highest BCUT2D eigenvalue weighted by atomic mass is 16.5. The smallest absolute Gasteiger partial charge is 0.339 e. The van der Waals surface area contributed by atoms with Gasteiger partial charge >= 0.3 is 11.9 Å². The first kappa shape index (κ1) is 19.0. The number of methoxy groups -OCH3 is 2. The average molecular weight is 379 g/mol. The lowest BCUT2D eigenvalue weighted by atomic mass is 10.1. The van der Waals surface area contributed by atoms with Crippen molar-refractivity contribution in [3.63, 3.8) is 0 Å². The zero-order valence-electron chi connectivity index (χ0n) is 15.3. The van der Waals surface area contributed by atoms with E-state index < -0.39 is 23.8 Å². The Kier molecular flexibility index (Phi) is 5.35. The fraction of sp³-hybridized carbons (Fsp3) is 0.143. The lowest BCUT2D eigenvalue weighted by Crippen LogP contribution is -2.30. The summed E-state index contributed by atoms with van der Waals surface area (Å²) >= 11 is 0. The topological polar surface area (TPSA) is 90.0 Å². The summed E-state index contributed by atoms with van der Waals surface area (Å²) in [4.78, 5) is 49.7. The zero-order chi connectivity index (χ0) is 20.3. The van der Waals surface area contributed by atoms with Gasteiger partial charge in [0.15, 0.2) is 0 Å². The van der Waals surface area contributed by atoms with Crippen molar-refractivity contribution in [1.82, 2.24) is 0 Å². The summed E-state index contributed by atoms with van der Waals surface area (Å²) in [6.45, 7) is 0. The van der Waals surface area contributed by atoms with Gasteiger partial charge in [-0.15, -0.1) is 0 Å². The maximum absolute atomic E-state index is 12.8. The van der Waals surface area contributed by atoms with Crippen LogP contribution in [0.15, 0.2) is 54.1 Å². The Morgan fingerprint density at radius 2 is 1.57 bits per heavy atom. The van der Waals surface area contributed by atoms with Crippen LogP contribution >= 0.6 is 0 Å². The van der Waals surface area contributed by atoms with Gasteiger partial charge in [0.05, 0.1) is 37.5 Å². The Morgan fingerprint density at radius 1 is 0.929 bits per heavy atom. The number of anilines is 1. The highest BCUT2D eigenvalue weighted by Crippen LogP contribution is 2.30. The van der Waals surface area contributed by atoms with Crippen LogP contribution in [0.1, 0.15) is 32.7 Å². The Bertz CT molecular complexity index is 990. The number of carbonyl (C=O) groups is 4. The third-order valence-corrected chi connectivity index (χ3v) is 4.29. The molecule has 0 aromatic heterocycles. The van der Waals surface area contributed by atoms with Crippen molar-refractivity contribution < 1.29 is 28.7 Å². The Hall–Kier alpha value is -3.74. The largest absolute Gasteiger partial charge is 0.465 e. The van der Waals surface area contributed by atoms with Crippen molar-refractivity contribution in [2.45, 2.75) is 6.42 Å². The van der Waals surface area contributed by atoms with E-state index in [1.165, 1.54) is 26.4 Å². The van der Waals surface area contributed by atoms with Gasteiger partial charge in [-0.25, -0.2) is 14.5 Å². The third-order valence-electron chi connectivity index (χ3n) is 4.29. The Labute approximate surface area is 161 Å². The molecule has 2 amide bonds. The summed E-state index contributed by atoms with van der Waals surface area (Å²) in [6.07, 6.45) is 1.50. The van der Waals surface area contributed by atoms with Crippen LogP contribution in [-0.4, -0.2) is 38.0 Å². The molecule has 0 radical (unpaired) electrons. The normalized spacial score (nSPS) is 15.1. The number of amides is 2. The number of rotatable bonds is 4. The van der Waals surface area contributed by atoms with E-state index in [4.69, 9.17) is 4.74 Å². The van der Waals surface area contributed by atoms with Crippen LogP contribution in [0.4, 0.5) is 5.69 Å². The van der Waals surface area contributed by atoms with Crippen LogP contribution < -0.4 is 4.90 Å². The lowest BCUT2D eigenvalue weighted by molar-refractivity contribution is -0.120. The van der Waals surface area contributed by atoms with Crippen LogP contribution in [0, 0.1) is 0 Å². The molecule has 1 saturated heterocycles. The Balaban J connectivity index is 1.91. The minimum absolute atomic E-state index is 0.0902. The number of benzene rings is 2. The predicted molar refractivity (Wildman–Crippen MR) is 101 cm³/mol. The molecule has 7 nitrogen and oxygen atoms in total. The van der Waals surface area contributed by atoms with Crippen LogP contribution in [0.5, 0.6) is 0 Å². The number of imide groups is 1. The monoisotopic (exact) mass is 379 g/mol. The fourth-order valence-corrected chi connectivity index (χ4v) is 2.92. The van der Waals surface area contributed by atoms with Gasteiger partial charge in [-0.05, 0) is 35.9 Å². The molecule has 1 aliphatic heterocycles. The quantitative estimate of drug-likeness (QED) is 0.461. The number of hydrogen-bond acceptors (Lipinski definition) is 6. The number of para-hydroxylation sites is 1. The van der Waals surface area contributed by atoms with Crippen LogP contribution in [0.2, 0.25) is 0 Å². The first-order chi connectivity index (χ1) is 13.5. The van der Waals surface area contributed by atoms with E-state index in [9.17, 15) is 19.2 Å². The minimum Gasteiger partial charge on any atom is -0.465 e. The summed E-state index contributed by atoms with van der Waals surface area (Å²) in [5, 5.41) is 0. The molecule has 2 aromatic rings. The van der Waals surface area contributed by atoms with Gasteiger partial charge in [0.25, 0.3) is 5.91 Å². The van der Waals surface area contributed by atoms with Crippen molar-refractivity contribution in [3.05, 3.63) is 70.8 Å². The van der Waals surface area contributed by atoms with Gasteiger partial charge in [0.1, 0.15) is 0 Å². The highest BCUT2D eigenvalue weighted by Gasteiger charge is 2.36. The molecule has 7 heteroatoms. The summed E-state index contributed by atoms with van der Waals surface area (Å²) in [6, 6.07) is 12.7. The highest BCUT2D eigenvalue weighted by molar-refractivity contribution is 6.30. The van der Waals surface area contributed by atoms with E-state index in [-0.39, 0.29) is 23.2 Å².